The highest BCUT2D eigenvalue weighted by Crippen LogP contribution is 2.25. The van der Waals surface area contributed by atoms with E-state index in [1.165, 1.54) is 11.5 Å². The van der Waals surface area contributed by atoms with Crippen LogP contribution in [-0.2, 0) is 4.79 Å². The summed E-state index contributed by atoms with van der Waals surface area (Å²) in [5, 5.41) is 8.52. The Morgan fingerprint density at radius 2 is 2.50 bits per heavy atom. The van der Waals surface area contributed by atoms with Crippen LogP contribution in [0.25, 0.3) is 10.7 Å². The number of amides is 1. The van der Waals surface area contributed by atoms with E-state index in [1.54, 1.807) is 11.3 Å². The van der Waals surface area contributed by atoms with Crippen LogP contribution >= 0.6 is 22.9 Å². The normalized spacial score (nSPS) is 19.0. The number of carbonyl (C=O) groups is 1. The number of hydrogen-bond donors (Lipinski definition) is 2. The first-order valence-electron chi connectivity index (χ1n) is 5.75. The Hall–Kier alpha value is -1.31. The zero-order chi connectivity index (χ0) is 12.4. The van der Waals surface area contributed by atoms with Crippen LogP contribution in [0.15, 0.2) is 17.5 Å². The highest BCUT2D eigenvalue weighted by atomic mass is 32.1. The number of aromatic nitrogens is 2. The summed E-state index contributed by atoms with van der Waals surface area (Å²) in [6.07, 6.45) is 1.94. The molecule has 7 heteroatoms. The molecule has 18 heavy (non-hydrogen) atoms. The third-order valence-corrected chi connectivity index (χ3v) is 4.27. The predicted octanol–water partition coefficient (Wildman–Crippen LogP) is 1.96. The van der Waals surface area contributed by atoms with Crippen molar-refractivity contribution in [3.63, 3.8) is 0 Å². The van der Waals surface area contributed by atoms with Crippen molar-refractivity contribution in [3.05, 3.63) is 17.5 Å². The molecular weight excluding hydrogens is 268 g/mol. The molecule has 0 aromatic carbocycles. The average Bonchev–Trinajstić information content (AvgIpc) is 3.12. The summed E-state index contributed by atoms with van der Waals surface area (Å²) >= 11 is 2.81. The topological polar surface area (TPSA) is 66.9 Å². The lowest BCUT2D eigenvalue weighted by molar-refractivity contribution is -0.117. The van der Waals surface area contributed by atoms with Gasteiger partial charge in [0.15, 0.2) is 5.82 Å². The van der Waals surface area contributed by atoms with E-state index in [2.05, 4.69) is 20.0 Å². The van der Waals surface area contributed by atoms with Gasteiger partial charge in [0, 0.05) is 11.5 Å². The van der Waals surface area contributed by atoms with Crippen molar-refractivity contribution >= 4 is 33.9 Å². The van der Waals surface area contributed by atoms with Crippen LogP contribution in [0.1, 0.15) is 12.8 Å². The predicted molar refractivity (Wildman–Crippen MR) is 72.9 cm³/mol. The van der Waals surface area contributed by atoms with Gasteiger partial charge in [0.25, 0.3) is 0 Å². The number of carbonyl (C=O) groups excluding carboxylic acids is 1. The number of hydrogen-bond acceptors (Lipinski definition) is 6. The molecule has 2 aromatic heterocycles. The van der Waals surface area contributed by atoms with Gasteiger partial charge in [-0.2, -0.15) is 9.36 Å². The van der Waals surface area contributed by atoms with Crippen molar-refractivity contribution in [2.45, 2.75) is 18.9 Å². The van der Waals surface area contributed by atoms with E-state index in [4.69, 9.17) is 0 Å². The lowest BCUT2D eigenvalue weighted by Crippen LogP contribution is -2.35. The summed E-state index contributed by atoms with van der Waals surface area (Å²) in [6, 6.07) is 3.84. The van der Waals surface area contributed by atoms with E-state index in [0.717, 1.165) is 24.3 Å². The zero-order valence-electron chi connectivity index (χ0n) is 9.55. The molecule has 0 unspecified atom stereocenters. The van der Waals surface area contributed by atoms with E-state index in [0.29, 0.717) is 11.0 Å². The molecule has 2 aromatic rings. The summed E-state index contributed by atoms with van der Waals surface area (Å²) in [5.74, 6) is 0.672. The molecule has 0 aliphatic carbocycles. The van der Waals surface area contributed by atoms with Crippen LogP contribution < -0.4 is 10.6 Å². The number of anilines is 1. The molecule has 0 radical (unpaired) electrons. The van der Waals surface area contributed by atoms with Crippen LogP contribution in [0.5, 0.6) is 0 Å². The van der Waals surface area contributed by atoms with Gasteiger partial charge in [-0.15, -0.1) is 11.3 Å². The molecule has 94 valence electrons. The molecule has 1 aliphatic rings. The number of thiophene rings is 1. The fourth-order valence-corrected chi connectivity index (χ4v) is 3.18. The highest BCUT2D eigenvalue weighted by molar-refractivity contribution is 7.14. The Labute approximate surface area is 112 Å². The lowest BCUT2D eigenvalue weighted by Gasteiger charge is -2.07. The smallest absolute Gasteiger partial charge is 0.243 e. The third-order valence-electron chi connectivity index (χ3n) is 2.77. The first-order valence-corrected chi connectivity index (χ1v) is 7.40. The van der Waals surface area contributed by atoms with Gasteiger partial charge in [-0.05, 0) is 30.8 Å². The van der Waals surface area contributed by atoms with E-state index >= 15 is 0 Å². The molecule has 1 amide bonds. The number of nitrogens with one attached hydrogen (secondary N) is 2. The summed E-state index contributed by atoms with van der Waals surface area (Å²) < 4.78 is 4.24. The quantitative estimate of drug-likeness (QED) is 0.902. The molecule has 3 heterocycles. The van der Waals surface area contributed by atoms with Gasteiger partial charge in [0.1, 0.15) is 0 Å². The van der Waals surface area contributed by atoms with Crippen LogP contribution in [0, 0.1) is 0 Å². The van der Waals surface area contributed by atoms with Crippen LogP contribution in [0.2, 0.25) is 0 Å². The van der Waals surface area contributed by atoms with Gasteiger partial charge in [-0.25, -0.2) is 0 Å². The van der Waals surface area contributed by atoms with E-state index in [9.17, 15) is 4.79 Å². The average molecular weight is 280 g/mol. The Bertz CT molecular complexity index is 531. The molecule has 2 N–H and O–H groups in total. The molecule has 0 saturated carbocycles. The maximum Gasteiger partial charge on any atom is 0.243 e. The van der Waals surface area contributed by atoms with Gasteiger partial charge < -0.3 is 5.32 Å². The fourth-order valence-electron chi connectivity index (χ4n) is 1.88. The van der Waals surface area contributed by atoms with Crippen molar-refractivity contribution in [1.29, 1.82) is 0 Å². The minimum Gasteiger partial charge on any atom is -0.306 e. The summed E-state index contributed by atoms with van der Waals surface area (Å²) in [5.41, 5.74) is 0. The van der Waals surface area contributed by atoms with Gasteiger partial charge in [0.05, 0.1) is 10.9 Å². The second kappa shape index (κ2) is 5.13. The van der Waals surface area contributed by atoms with Crippen LogP contribution in [0.3, 0.4) is 0 Å². The molecule has 1 fully saturated rings. The van der Waals surface area contributed by atoms with Crippen LogP contribution in [-0.4, -0.2) is 27.9 Å². The maximum absolute atomic E-state index is 11.9. The number of rotatable bonds is 3. The largest absolute Gasteiger partial charge is 0.306 e. The second-order valence-corrected chi connectivity index (χ2v) is 5.74. The Morgan fingerprint density at radius 3 is 3.22 bits per heavy atom. The van der Waals surface area contributed by atoms with Crippen molar-refractivity contribution in [2.75, 3.05) is 11.9 Å². The first kappa shape index (κ1) is 11.8. The Balaban J connectivity index is 1.68. The van der Waals surface area contributed by atoms with Gasteiger partial charge in [-0.1, -0.05) is 6.07 Å². The summed E-state index contributed by atoms with van der Waals surface area (Å²) in [7, 11) is 0. The third kappa shape index (κ3) is 2.43. The van der Waals surface area contributed by atoms with E-state index in [1.807, 2.05) is 17.5 Å². The van der Waals surface area contributed by atoms with Gasteiger partial charge >= 0.3 is 0 Å². The zero-order valence-corrected chi connectivity index (χ0v) is 11.2. The van der Waals surface area contributed by atoms with Gasteiger partial charge in [0.2, 0.25) is 11.0 Å². The van der Waals surface area contributed by atoms with Crippen molar-refractivity contribution in [3.8, 4) is 10.7 Å². The highest BCUT2D eigenvalue weighted by Gasteiger charge is 2.23. The SMILES string of the molecule is O=C(Nc1nc(-c2cccs2)ns1)[C@@H]1CCCN1. The molecule has 3 rings (SSSR count). The van der Waals surface area contributed by atoms with Crippen LogP contribution in [0.4, 0.5) is 5.13 Å². The molecule has 1 aliphatic heterocycles. The summed E-state index contributed by atoms with van der Waals surface area (Å²) in [6.45, 7) is 0.911. The summed E-state index contributed by atoms with van der Waals surface area (Å²) in [4.78, 5) is 17.2. The minimum atomic E-state index is -0.0842. The minimum absolute atomic E-state index is 0.0126. The van der Waals surface area contributed by atoms with Gasteiger partial charge in [-0.3, -0.25) is 10.1 Å². The number of nitrogens with zero attached hydrogens (tertiary/aromatic N) is 2. The molecule has 0 bridgehead atoms. The van der Waals surface area contributed by atoms with Crippen molar-refractivity contribution in [2.24, 2.45) is 0 Å². The van der Waals surface area contributed by atoms with E-state index < -0.39 is 0 Å². The monoisotopic (exact) mass is 280 g/mol. The molecule has 1 saturated heterocycles. The first-order chi connectivity index (χ1) is 8.83. The molecule has 1 atom stereocenters. The second-order valence-electron chi connectivity index (χ2n) is 4.04. The van der Waals surface area contributed by atoms with E-state index in [-0.39, 0.29) is 11.9 Å². The Kier molecular flexibility index (Phi) is 3.35. The molecular formula is C11H12N4OS2. The molecule has 0 spiro atoms. The maximum atomic E-state index is 11.9. The standard InChI is InChI=1S/C11H12N4OS2/c16-10(7-3-1-5-12-7)14-11-13-9(15-18-11)8-4-2-6-17-8/h2,4,6-7,12H,1,3,5H2,(H,13,14,15,16)/t7-/m0/s1. The molecule has 5 nitrogen and oxygen atoms in total. The Morgan fingerprint density at radius 1 is 1.56 bits per heavy atom. The van der Waals surface area contributed by atoms with Crippen molar-refractivity contribution < 1.29 is 4.79 Å². The fraction of sp³-hybridized carbons (Fsp3) is 0.364. The van der Waals surface area contributed by atoms with Crippen molar-refractivity contribution in [1.82, 2.24) is 14.7 Å². The lowest BCUT2D eigenvalue weighted by atomic mass is 10.2.